The molecular weight excluding hydrogens is 538 g/mol. The average Bonchev–Trinajstić information content (AvgIpc) is 3.36. The molecule has 2 aromatic heterocycles. The number of thiocarbonyl (C=S) groups is 1. The van der Waals surface area contributed by atoms with Crippen LogP contribution in [0.3, 0.4) is 0 Å². The fourth-order valence-corrected chi connectivity index (χ4v) is 6.23. The van der Waals surface area contributed by atoms with E-state index in [2.05, 4.69) is 50.5 Å². The first kappa shape index (κ1) is 26.2. The van der Waals surface area contributed by atoms with E-state index in [4.69, 9.17) is 23.8 Å². The summed E-state index contributed by atoms with van der Waals surface area (Å²) in [4.78, 5) is 6.73. The lowest BCUT2D eigenvalue weighted by atomic mass is 9.96. The molecule has 2 aromatic carbocycles. The molecule has 0 aliphatic carbocycles. The lowest BCUT2D eigenvalue weighted by molar-refractivity contribution is 0.565. The highest BCUT2D eigenvalue weighted by atomic mass is 35.5. The molecule has 7 nitrogen and oxygen atoms in total. The summed E-state index contributed by atoms with van der Waals surface area (Å²) in [6.07, 6.45) is 2.91. The van der Waals surface area contributed by atoms with E-state index in [1.54, 1.807) is 18.3 Å². The number of nitrogens with one attached hydrogen (secondary N) is 2. The number of hydrogen-bond donors (Lipinski definition) is 2. The number of halogens is 1. The number of aryl methyl sites for hydroxylation is 1. The van der Waals surface area contributed by atoms with Crippen LogP contribution in [0.1, 0.15) is 40.3 Å². The monoisotopic (exact) mass is 565 g/mol. The molecule has 0 radical (unpaired) electrons. The number of pyridine rings is 1. The Hall–Kier alpha value is -3.40. The molecule has 0 amide bonds. The normalized spacial score (nSPS) is 17.5. The maximum absolute atomic E-state index is 11.7. The first-order valence-corrected chi connectivity index (χ1v) is 14.8. The average molecular weight is 566 g/mol. The van der Waals surface area contributed by atoms with E-state index in [-0.39, 0.29) is 12.1 Å². The Balaban J connectivity index is 1.65. The highest BCUT2D eigenvalue weighted by molar-refractivity contribution is 7.92. The molecule has 196 valence electrons. The van der Waals surface area contributed by atoms with Crippen molar-refractivity contribution in [3.63, 3.8) is 0 Å². The lowest BCUT2D eigenvalue weighted by Crippen LogP contribution is -2.29. The van der Waals surface area contributed by atoms with Crippen LogP contribution in [0.4, 0.5) is 11.4 Å². The van der Waals surface area contributed by atoms with E-state index in [0.29, 0.717) is 10.8 Å². The van der Waals surface area contributed by atoms with Crippen LogP contribution in [0.15, 0.2) is 72.9 Å². The fraction of sp³-hybridized carbons (Fsp3) is 0.214. The van der Waals surface area contributed by atoms with Gasteiger partial charge in [-0.25, -0.2) is 8.42 Å². The van der Waals surface area contributed by atoms with Crippen molar-refractivity contribution in [3.8, 4) is 5.69 Å². The molecule has 0 saturated carbocycles. The van der Waals surface area contributed by atoms with E-state index in [1.807, 2.05) is 49.4 Å². The predicted molar refractivity (Wildman–Crippen MR) is 158 cm³/mol. The third-order valence-corrected chi connectivity index (χ3v) is 8.15. The van der Waals surface area contributed by atoms with Crippen molar-refractivity contribution >= 4 is 50.3 Å². The van der Waals surface area contributed by atoms with Crippen LogP contribution >= 0.6 is 23.8 Å². The molecule has 2 N–H and O–H groups in total. The molecule has 3 heterocycles. The highest BCUT2D eigenvalue weighted by Crippen LogP contribution is 2.44. The molecule has 1 aliphatic heterocycles. The summed E-state index contributed by atoms with van der Waals surface area (Å²) in [6, 6.07) is 20.8. The first-order chi connectivity index (χ1) is 18.0. The molecule has 1 aliphatic rings. The molecule has 5 rings (SSSR count). The van der Waals surface area contributed by atoms with Crippen LogP contribution in [0.25, 0.3) is 5.69 Å². The summed E-state index contributed by atoms with van der Waals surface area (Å²) in [5, 5.41) is 4.78. The molecule has 1 fully saturated rings. The molecule has 0 bridgehead atoms. The van der Waals surface area contributed by atoms with Crippen molar-refractivity contribution in [2.24, 2.45) is 0 Å². The van der Waals surface area contributed by atoms with Gasteiger partial charge in [0, 0.05) is 39.7 Å². The van der Waals surface area contributed by atoms with E-state index in [1.165, 1.54) is 0 Å². The van der Waals surface area contributed by atoms with Crippen molar-refractivity contribution in [3.05, 3.63) is 106 Å². The van der Waals surface area contributed by atoms with Gasteiger partial charge in [0.1, 0.15) is 0 Å². The zero-order valence-corrected chi connectivity index (χ0v) is 23.8. The van der Waals surface area contributed by atoms with Crippen LogP contribution in [0, 0.1) is 20.8 Å². The van der Waals surface area contributed by atoms with Crippen LogP contribution in [0.5, 0.6) is 0 Å². The SMILES string of the molecule is Cc1c(Cl)cccc1-n1c(C)cc([C@@H]2[C@@H](c3ccccn3)NC(=S)N2c2ccc(NS(C)(=O)=O)cc2)c1C. The number of rotatable bonds is 6. The van der Waals surface area contributed by atoms with Crippen LogP contribution in [0.2, 0.25) is 5.02 Å². The number of anilines is 2. The largest absolute Gasteiger partial charge is 0.351 e. The molecule has 4 aromatic rings. The third-order valence-electron chi connectivity index (χ3n) is 6.82. The Kier molecular flexibility index (Phi) is 6.94. The number of nitrogens with zero attached hydrogens (tertiary/aromatic N) is 3. The Morgan fingerprint density at radius 1 is 1.03 bits per heavy atom. The van der Waals surface area contributed by atoms with E-state index in [9.17, 15) is 8.42 Å². The van der Waals surface area contributed by atoms with Gasteiger partial charge in [-0.05, 0) is 98.7 Å². The Labute approximate surface area is 233 Å². The van der Waals surface area contributed by atoms with Gasteiger partial charge in [0.05, 0.1) is 24.0 Å². The van der Waals surface area contributed by atoms with Gasteiger partial charge in [-0.2, -0.15) is 0 Å². The van der Waals surface area contributed by atoms with Gasteiger partial charge in [-0.1, -0.05) is 23.7 Å². The predicted octanol–water partition coefficient (Wildman–Crippen LogP) is 6.00. The zero-order valence-electron chi connectivity index (χ0n) is 21.4. The Bertz CT molecular complexity index is 1620. The second kappa shape index (κ2) is 10.1. The maximum Gasteiger partial charge on any atom is 0.229 e. The van der Waals surface area contributed by atoms with Crippen LogP contribution < -0.4 is 14.9 Å². The van der Waals surface area contributed by atoms with Crippen LogP contribution in [-0.4, -0.2) is 29.3 Å². The molecule has 2 atom stereocenters. The lowest BCUT2D eigenvalue weighted by Gasteiger charge is -2.28. The van der Waals surface area contributed by atoms with Gasteiger partial charge >= 0.3 is 0 Å². The topological polar surface area (TPSA) is 79.3 Å². The van der Waals surface area contributed by atoms with E-state index < -0.39 is 10.0 Å². The molecule has 0 spiro atoms. The Morgan fingerprint density at radius 2 is 1.76 bits per heavy atom. The summed E-state index contributed by atoms with van der Waals surface area (Å²) in [6.45, 7) is 6.22. The van der Waals surface area contributed by atoms with Crippen molar-refractivity contribution in [2.75, 3.05) is 15.9 Å². The van der Waals surface area contributed by atoms with Gasteiger partial charge in [0.25, 0.3) is 0 Å². The number of benzene rings is 2. The minimum atomic E-state index is -3.38. The van der Waals surface area contributed by atoms with Gasteiger partial charge < -0.3 is 14.8 Å². The summed E-state index contributed by atoms with van der Waals surface area (Å²) >= 11 is 12.3. The molecule has 38 heavy (non-hydrogen) atoms. The smallest absolute Gasteiger partial charge is 0.229 e. The number of aromatic nitrogens is 2. The maximum atomic E-state index is 11.7. The second-order valence-electron chi connectivity index (χ2n) is 9.46. The summed E-state index contributed by atoms with van der Waals surface area (Å²) < 4.78 is 28.1. The fourth-order valence-electron chi connectivity index (χ4n) is 5.15. The first-order valence-electron chi connectivity index (χ1n) is 12.1. The molecular formula is C28H28ClN5O2S2. The van der Waals surface area contributed by atoms with E-state index in [0.717, 1.165) is 50.9 Å². The molecule has 1 saturated heterocycles. The third kappa shape index (κ3) is 4.89. The van der Waals surface area contributed by atoms with Crippen LogP contribution in [-0.2, 0) is 10.0 Å². The minimum absolute atomic E-state index is 0.202. The van der Waals surface area contributed by atoms with Gasteiger partial charge in [0.2, 0.25) is 10.0 Å². The molecule has 10 heteroatoms. The van der Waals surface area contributed by atoms with E-state index >= 15 is 0 Å². The number of sulfonamides is 1. The minimum Gasteiger partial charge on any atom is -0.351 e. The Morgan fingerprint density at radius 3 is 2.42 bits per heavy atom. The quantitative estimate of drug-likeness (QED) is 0.279. The second-order valence-corrected chi connectivity index (χ2v) is 12.0. The van der Waals surface area contributed by atoms with Crippen molar-refractivity contribution in [2.45, 2.75) is 32.9 Å². The van der Waals surface area contributed by atoms with Crippen molar-refractivity contribution in [1.82, 2.24) is 14.9 Å². The van der Waals surface area contributed by atoms with Crippen molar-refractivity contribution in [1.29, 1.82) is 0 Å². The van der Waals surface area contributed by atoms with Gasteiger partial charge in [-0.3, -0.25) is 9.71 Å². The van der Waals surface area contributed by atoms with Gasteiger partial charge in [-0.15, -0.1) is 0 Å². The summed E-state index contributed by atoms with van der Waals surface area (Å²) in [5.74, 6) is 0. The van der Waals surface area contributed by atoms with Gasteiger partial charge in [0.15, 0.2) is 5.11 Å². The summed E-state index contributed by atoms with van der Waals surface area (Å²) in [7, 11) is -3.38. The standard InChI is InChI=1S/C28H28ClN5O2S2/c1-17-16-22(19(3)33(17)25-10-7-8-23(29)18(25)2)27-26(24-9-5-6-15-30-24)31-28(37)34(27)21-13-11-20(12-14-21)32-38(4,35)36/h5-16,26-27,32H,1-4H3,(H,31,37)/t26-,27-/m1/s1. The zero-order chi connectivity index (χ0) is 27.2. The highest BCUT2D eigenvalue weighted by Gasteiger charge is 2.42. The molecule has 0 unspecified atom stereocenters. The summed E-state index contributed by atoms with van der Waals surface area (Å²) in [5.41, 5.74) is 7.50. The van der Waals surface area contributed by atoms with Crippen molar-refractivity contribution < 1.29 is 8.42 Å². The number of hydrogen-bond acceptors (Lipinski definition) is 4.